The number of hydrogen-bond acceptors (Lipinski definition) is 3. The molecule has 0 radical (unpaired) electrons. The van der Waals surface area contributed by atoms with Gasteiger partial charge in [0.2, 0.25) is 10.0 Å². The van der Waals surface area contributed by atoms with Crippen molar-refractivity contribution in [2.45, 2.75) is 25.1 Å². The van der Waals surface area contributed by atoms with E-state index in [4.69, 9.17) is 5.11 Å². The van der Waals surface area contributed by atoms with E-state index in [1.54, 1.807) is 0 Å². The fourth-order valence-corrected chi connectivity index (χ4v) is 2.94. The minimum atomic E-state index is -4.49. The maximum absolute atomic E-state index is 12.4. The molecule has 2 atom stereocenters. The van der Waals surface area contributed by atoms with Crippen molar-refractivity contribution in [2.75, 3.05) is 12.8 Å². The van der Waals surface area contributed by atoms with Gasteiger partial charge in [-0.2, -0.15) is 17.5 Å². The summed E-state index contributed by atoms with van der Waals surface area (Å²) < 4.78 is 60.4. The largest absolute Gasteiger partial charge is 0.480 e. The first-order valence-electron chi connectivity index (χ1n) is 4.80. The van der Waals surface area contributed by atoms with Crippen molar-refractivity contribution in [2.24, 2.45) is 5.92 Å². The smallest absolute Gasteiger partial charge is 0.391 e. The van der Waals surface area contributed by atoms with Crippen LogP contribution in [0.2, 0.25) is 0 Å². The first-order chi connectivity index (χ1) is 7.53. The zero-order valence-electron chi connectivity index (χ0n) is 8.94. The summed E-state index contributed by atoms with van der Waals surface area (Å²) in [7, 11) is -3.80. The topological polar surface area (TPSA) is 74.7 Å². The number of sulfonamides is 1. The molecule has 1 heterocycles. The van der Waals surface area contributed by atoms with Crippen LogP contribution in [-0.4, -0.2) is 48.8 Å². The number of halogens is 3. The van der Waals surface area contributed by atoms with Crippen molar-refractivity contribution in [3.8, 4) is 0 Å². The fraction of sp³-hybridized carbons (Fsp3) is 0.875. The Morgan fingerprint density at radius 2 is 1.94 bits per heavy atom. The quantitative estimate of drug-likeness (QED) is 0.804. The van der Waals surface area contributed by atoms with Crippen molar-refractivity contribution in [3.05, 3.63) is 0 Å². The van der Waals surface area contributed by atoms with Crippen LogP contribution in [0.1, 0.15) is 12.8 Å². The Morgan fingerprint density at radius 3 is 2.29 bits per heavy atom. The Bertz CT molecular complexity index is 405. The first kappa shape index (κ1) is 14.2. The summed E-state index contributed by atoms with van der Waals surface area (Å²) >= 11 is 0. The molecule has 0 aliphatic carbocycles. The van der Waals surface area contributed by atoms with E-state index < -0.39 is 53.5 Å². The number of carboxylic acids is 1. The fourth-order valence-electron chi connectivity index (χ4n) is 1.86. The van der Waals surface area contributed by atoms with Gasteiger partial charge in [-0.15, -0.1) is 0 Å². The van der Waals surface area contributed by atoms with Crippen LogP contribution in [0.4, 0.5) is 13.2 Å². The molecule has 17 heavy (non-hydrogen) atoms. The number of alkyl halides is 3. The van der Waals surface area contributed by atoms with Gasteiger partial charge >= 0.3 is 12.1 Å². The lowest BCUT2D eigenvalue weighted by molar-refractivity contribution is -0.188. The molecule has 2 unspecified atom stereocenters. The van der Waals surface area contributed by atoms with Crippen LogP contribution in [-0.2, 0) is 14.8 Å². The zero-order valence-corrected chi connectivity index (χ0v) is 9.75. The Balaban J connectivity index is 2.94. The molecule has 0 spiro atoms. The Labute approximate surface area is 96.3 Å². The highest BCUT2D eigenvalue weighted by Gasteiger charge is 2.48. The molecule has 9 heteroatoms. The van der Waals surface area contributed by atoms with Gasteiger partial charge in [-0.3, -0.25) is 4.79 Å². The SMILES string of the molecule is CS(=O)(=O)N1CCC(C(F)(F)F)CC1C(=O)O. The molecule has 0 aromatic carbocycles. The highest BCUT2D eigenvalue weighted by Crippen LogP contribution is 2.37. The predicted molar refractivity (Wildman–Crippen MR) is 51.8 cm³/mol. The number of aliphatic carboxylic acids is 1. The predicted octanol–water partition coefficient (Wildman–Crippen LogP) is 0.674. The summed E-state index contributed by atoms with van der Waals surface area (Å²) in [6, 6.07) is -1.63. The van der Waals surface area contributed by atoms with Crippen molar-refractivity contribution in [3.63, 3.8) is 0 Å². The molecule has 1 aliphatic rings. The molecule has 0 aromatic heterocycles. The number of carbonyl (C=O) groups is 1. The Kier molecular flexibility index (Phi) is 3.72. The monoisotopic (exact) mass is 275 g/mol. The lowest BCUT2D eigenvalue weighted by Gasteiger charge is -2.35. The molecule has 100 valence electrons. The maximum atomic E-state index is 12.4. The van der Waals surface area contributed by atoms with E-state index >= 15 is 0 Å². The molecule has 0 bridgehead atoms. The highest BCUT2D eigenvalue weighted by molar-refractivity contribution is 7.88. The summed E-state index contributed by atoms with van der Waals surface area (Å²) in [5, 5.41) is 8.78. The second kappa shape index (κ2) is 4.45. The van der Waals surface area contributed by atoms with Crippen LogP contribution >= 0.6 is 0 Å². The van der Waals surface area contributed by atoms with Crippen LogP contribution in [0.5, 0.6) is 0 Å². The van der Waals surface area contributed by atoms with Gasteiger partial charge in [0, 0.05) is 6.54 Å². The normalized spacial score (nSPS) is 28.0. The minimum Gasteiger partial charge on any atom is -0.480 e. The number of piperidine rings is 1. The third kappa shape index (κ3) is 3.32. The average molecular weight is 275 g/mol. The van der Waals surface area contributed by atoms with Crippen LogP contribution in [0.25, 0.3) is 0 Å². The van der Waals surface area contributed by atoms with E-state index in [9.17, 15) is 26.4 Å². The van der Waals surface area contributed by atoms with Crippen molar-refractivity contribution < 1.29 is 31.5 Å². The zero-order chi connectivity index (χ0) is 13.4. The number of hydrogen-bond donors (Lipinski definition) is 1. The van der Waals surface area contributed by atoms with Gasteiger partial charge in [-0.25, -0.2) is 8.42 Å². The summed E-state index contributed by atoms with van der Waals surface area (Å²) in [4.78, 5) is 10.8. The maximum Gasteiger partial charge on any atom is 0.391 e. The minimum absolute atomic E-state index is 0.402. The molecule has 5 nitrogen and oxygen atoms in total. The summed E-state index contributed by atoms with van der Waals surface area (Å²) in [6.45, 7) is -0.417. The van der Waals surface area contributed by atoms with Crippen LogP contribution < -0.4 is 0 Å². The molecule has 0 amide bonds. The average Bonchev–Trinajstić information content (AvgIpc) is 2.14. The van der Waals surface area contributed by atoms with Gasteiger partial charge in [0.05, 0.1) is 12.2 Å². The molecule has 1 fully saturated rings. The van der Waals surface area contributed by atoms with E-state index in [0.29, 0.717) is 4.31 Å². The van der Waals surface area contributed by atoms with Crippen LogP contribution in [0, 0.1) is 5.92 Å². The number of rotatable bonds is 2. The molecular weight excluding hydrogens is 263 g/mol. The Morgan fingerprint density at radius 1 is 1.41 bits per heavy atom. The molecule has 0 saturated carbocycles. The highest BCUT2D eigenvalue weighted by atomic mass is 32.2. The molecule has 1 rings (SSSR count). The standard InChI is InChI=1S/C8H12F3NO4S/c1-17(15,16)12-3-2-5(8(9,10)11)4-6(12)7(13)14/h5-6H,2-4H2,1H3,(H,13,14). The van der Waals surface area contributed by atoms with E-state index in [2.05, 4.69) is 0 Å². The molecular formula is C8H12F3NO4S. The second-order valence-electron chi connectivity index (χ2n) is 3.99. The van der Waals surface area contributed by atoms with Crippen molar-refractivity contribution >= 4 is 16.0 Å². The van der Waals surface area contributed by atoms with Gasteiger partial charge in [0.15, 0.2) is 0 Å². The van der Waals surface area contributed by atoms with Gasteiger partial charge in [-0.1, -0.05) is 0 Å². The first-order valence-corrected chi connectivity index (χ1v) is 6.64. The van der Waals surface area contributed by atoms with Crippen molar-refractivity contribution in [1.82, 2.24) is 4.31 Å². The molecule has 1 saturated heterocycles. The van der Waals surface area contributed by atoms with E-state index in [0.717, 1.165) is 6.26 Å². The summed E-state index contributed by atoms with van der Waals surface area (Å²) in [6.07, 6.45) is -4.83. The van der Waals surface area contributed by atoms with Gasteiger partial charge < -0.3 is 5.11 Å². The number of carboxylic acid groups (broad SMARTS) is 1. The molecule has 1 N–H and O–H groups in total. The molecule has 1 aliphatic heterocycles. The van der Waals surface area contributed by atoms with E-state index in [1.165, 1.54) is 0 Å². The Hall–Kier alpha value is -0.830. The lowest BCUT2D eigenvalue weighted by Crippen LogP contribution is -2.51. The third-order valence-corrected chi connectivity index (χ3v) is 4.02. The van der Waals surface area contributed by atoms with Crippen molar-refractivity contribution in [1.29, 1.82) is 0 Å². The van der Waals surface area contributed by atoms with Gasteiger partial charge in [0.1, 0.15) is 6.04 Å². The number of nitrogens with zero attached hydrogens (tertiary/aromatic N) is 1. The van der Waals surface area contributed by atoms with E-state index in [-0.39, 0.29) is 0 Å². The van der Waals surface area contributed by atoms with Gasteiger partial charge in [-0.05, 0) is 12.8 Å². The summed E-state index contributed by atoms with van der Waals surface area (Å²) in [5.41, 5.74) is 0. The van der Waals surface area contributed by atoms with Gasteiger partial charge in [0.25, 0.3) is 0 Å². The third-order valence-electron chi connectivity index (χ3n) is 2.73. The molecule has 0 aromatic rings. The summed E-state index contributed by atoms with van der Waals surface area (Å²) in [5.74, 6) is -3.31. The van der Waals surface area contributed by atoms with E-state index in [1.807, 2.05) is 0 Å². The second-order valence-corrected chi connectivity index (χ2v) is 5.93. The van der Waals surface area contributed by atoms with Crippen LogP contribution in [0.15, 0.2) is 0 Å². The lowest BCUT2D eigenvalue weighted by atomic mass is 9.92. The van der Waals surface area contributed by atoms with Crippen LogP contribution in [0.3, 0.4) is 0 Å².